The van der Waals surface area contributed by atoms with E-state index in [1.165, 1.54) is 0 Å². The van der Waals surface area contributed by atoms with Gasteiger partial charge in [-0.1, -0.05) is 0 Å². The second kappa shape index (κ2) is 6.71. The first kappa shape index (κ1) is 16.4. The van der Waals surface area contributed by atoms with E-state index in [4.69, 9.17) is 9.47 Å². The van der Waals surface area contributed by atoms with Gasteiger partial charge in [-0.2, -0.15) is 0 Å². The van der Waals surface area contributed by atoms with Crippen LogP contribution in [0.15, 0.2) is 0 Å². The molecule has 1 saturated heterocycles. The molecule has 0 aromatic rings. The van der Waals surface area contributed by atoms with Crippen LogP contribution in [0.3, 0.4) is 0 Å². The molecule has 1 atom stereocenters. The van der Waals surface area contributed by atoms with Crippen molar-refractivity contribution in [3.63, 3.8) is 0 Å². The number of hydrogen-bond donors (Lipinski definition) is 1. The number of ether oxygens (including phenoxy) is 2. The van der Waals surface area contributed by atoms with Gasteiger partial charge in [-0.05, 0) is 59.5 Å². The third-order valence-corrected chi connectivity index (χ3v) is 4.33. The molecule has 1 rings (SSSR count). The summed E-state index contributed by atoms with van der Waals surface area (Å²) in [5.41, 5.74) is -0.651. The summed E-state index contributed by atoms with van der Waals surface area (Å²) < 4.78 is 10.8. The van der Waals surface area contributed by atoms with Crippen LogP contribution in [0.1, 0.15) is 47.0 Å². The van der Waals surface area contributed by atoms with Gasteiger partial charge in [0.1, 0.15) is 0 Å². The Balaban J connectivity index is 2.42. The smallest absolute Gasteiger partial charge is 0.311 e. The van der Waals surface area contributed by atoms with Crippen molar-refractivity contribution < 1.29 is 14.3 Å². The topological polar surface area (TPSA) is 47.6 Å². The van der Waals surface area contributed by atoms with Crippen molar-refractivity contribution in [3.05, 3.63) is 0 Å². The van der Waals surface area contributed by atoms with E-state index in [1.54, 1.807) is 7.11 Å². The molecular weight excluding hydrogens is 242 g/mol. The standard InChI is InChI=1S/C15H29NO3/c1-14(2,18-5)8-10-19-13(17)15(3,4)12-7-6-9-16-11-12/h12,16H,6-11H2,1-5H3. The van der Waals surface area contributed by atoms with Crippen molar-refractivity contribution in [1.82, 2.24) is 5.32 Å². The Morgan fingerprint density at radius 2 is 2.00 bits per heavy atom. The molecular formula is C15H29NO3. The Kier molecular flexibility index (Phi) is 5.81. The summed E-state index contributed by atoms with van der Waals surface area (Å²) >= 11 is 0. The lowest BCUT2D eigenvalue weighted by molar-refractivity contribution is -0.159. The lowest BCUT2D eigenvalue weighted by Gasteiger charge is -2.35. The van der Waals surface area contributed by atoms with Crippen LogP contribution < -0.4 is 5.32 Å². The molecule has 112 valence electrons. The first-order valence-electron chi connectivity index (χ1n) is 7.23. The van der Waals surface area contributed by atoms with Crippen LogP contribution in [0, 0.1) is 11.3 Å². The van der Waals surface area contributed by atoms with E-state index in [0.29, 0.717) is 18.9 Å². The molecule has 0 aliphatic carbocycles. The lowest BCUT2D eigenvalue weighted by Crippen LogP contribution is -2.43. The molecule has 0 saturated carbocycles. The third kappa shape index (κ3) is 4.77. The first-order chi connectivity index (χ1) is 8.79. The van der Waals surface area contributed by atoms with Gasteiger partial charge in [0.15, 0.2) is 0 Å². The van der Waals surface area contributed by atoms with E-state index in [0.717, 1.165) is 25.9 Å². The number of esters is 1. The third-order valence-electron chi connectivity index (χ3n) is 4.33. The van der Waals surface area contributed by atoms with Crippen LogP contribution in [0.4, 0.5) is 0 Å². The molecule has 0 bridgehead atoms. The minimum absolute atomic E-state index is 0.0897. The molecule has 0 aromatic heterocycles. The van der Waals surface area contributed by atoms with Gasteiger partial charge in [-0.3, -0.25) is 4.79 Å². The fraction of sp³-hybridized carbons (Fsp3) is 0.933. The van der Waals surface area contributed by atoms with E-state index in [2.05, 4.69) is 5.32 Å². The van der Waals surface area contributed by atoms with E-state index in [9.17, 15) is 4.79 Å². The summed E-state index contributed by atoms with van der Waals surface area (Å²) in [5.74, 6) is 0.275. The molecule has 0 spiro atoms. The highest BCUT2D eigenvalue weighted by molar-refractivity contribution is 5.76. The number of carbonyl (C=O) groups is 1. The normalized spacial score (nSPS) is 21.2. The number of nitrogens with one attached hydrogen (secondary N) is 1. The molecule has 1 aliphatic rings. The van der Waals surface area contributed by atoms with E-state index in [1.807, 2.05) is 27.7 Å². The Labute approximate surface area is 117 Å². The van der Waals surface area contributed by atoms with Crippen molar-refractivity contribution >= 4 is 5.97 Å². The average molecular weight is 271 g/mol. The van der Waals surface area contributed by atoms with Crippen LogP contribution in [-0.2, 0) is 14.3 Å². The first-order valence-corrected chi connectivity index (χ1v) is 7.23. The van der Waals surface area contributed by atoms with Crippen LogP contribution in [0.25, 0.3) is 0 Å². The predicted molar refractivity (Wildman–Crippen MR) is 76.0 cm³/mol. The van der Waals surface area contributed by atoms with Crippen LogP contribution in [-0.4, -0.2) is 38.4 Å². The molecule has 4 nitrogen and oxygen atoms in total. The van der Waals surface area contributed by atoms with E-state index in [-0.39, 0.29) is 11.6 Å². The zero-order valence-electron chi connectivity index (χ0n) is 13.0. The maximum atomic E-state index is 12.2. The van der Waals surface area contributed by atoms with Crippen LogP contribution >= 0.6 is 0 Å². The summed E-state index contributed by atoms with van der Waals surface area (Å²) in [6.07, 6.45) is 2.95. The zero-order chi connectivity index (χ0) is 14.5. The molecule has 1 aliphatic heterocycles. The number of methoxy groups -OCH3 is 1. The fourth-order valence-corrected chi connectivity index (χ4v) is 2.31. The van der Waals surface area contributed by atoms with Gasteiger partial charge in [0.2, 0.25) is 0 Å². The maximum Gasteiger partial charge on any atom is 0.311 e. The highest BCUT2D eigenvalue weighted by atomic mass is 16.5. The van der Waals surface area contributed by atoms with Gasteiger partial charge in [0, 0.05) is 13.5 Å². The molecule has 1 fully saturated rings. The Bertz CT molecular complexity index is 294. The van der Waals surface area contributed by atoms with E-state index >= 15 is 0 Å². The van der Waals surface area contributed by atoms with E-state index < -0.39 is 5.41 Å². The summed E-state index contributed by atoms with van der Waals surface area (Å²) in [6, 6.07) is 0. The maximum absolute atomic E-state index is 12.2. The average Bonchev–Trinajstić information content (AvgIpc) is 2.39. The van der Waals surface area contributed by atoms with Crippen LogP contribution in [0.2, 0.25) is 0 Å². The molecule has 1 heterocycles. The Morgan fingerprint density at radius 1 is 1.32 bits per heavy atom. The summed E-state index contributed by atoms with van der Waals surface area (Å²) in [5, 5.41) is 3.36. The van der Waals surface area contributed by atoms with Crippen molar-refractivity contribution in [2.24, 2.45) is 11.3 Å². The van der Waals surface area contributed by atoms with Gasteiger partial charge in [-0.25, -0.2) is 0 Å². The number of hydrogen-bond acceptors (Lipinski definition) is 4. The molecule has 1 unspecified atom stereocenters. The molecule has 1 N–H and O–H groups in total. The van der Waals surface area contributed by atoms with Crippen molar-refractivity contribution in [3.8, 4) is 0 Å². The second-order valence-corrected chi connectivity index (χ2v) is 6.61. The van der Waals surface area contributed by atoms with Crippen LogP contribution in [0.5, 0.6) is 0 Å². The molecule has 0 radical (unpaired) electrons. The number of carbonyl (C=O) groups excluding carboxylic acids is 1. The monoisotopic (exact) mass is 271 g/mol. The van der Waals surface area contributed by atoms with Gasteiger partial charge < -0.3 is 14.8 Å². The Hall–Kier alpha value is -0.610. The largest absolute Gasteiger partial charge is 0.465 e. The Morgan fingerprint density at radius 3 is 2.53 bits per heavy atom. The lowest BCUT2D eigenvalue weighted by atomic mass is 9.75. The summed E-state index contributed by atoms with van der Waals surface area (Å²) in [7, 11) is 1.68. The predicted octanol–water partition coefficient (Wildman–Crippen LogP) is 2.37. The van der Waals surface area contributed by atoms with Gasteiger partial charge in [0.05, 0.1) is 17.6 Å². The van der Waals surface area contributed by atoms with Crippen molar-refractivity contribution in [1.29, 1.82) is 0 Å². The molecule has 4 heteroatoms. The second-order valence-electron chi connectivity index (χ2n) is 6.61. The van der Waals surface area contributed by atoms with Crippen molar-refractivity contribution in [2.45, 2.75) is 52.6 Å². The quantitative estimate of drug-likeness (QED) is 0.753. The minimum Gasteiger partial charge on any atom is -0.465 e. The number of rotatable bonds is 6. The number of piperidine rings is 1. The fourth-order valence-electron chi connectivity index (χ4n) is 2.31. The highest BCUT2D eigenvalue weighted by Gasteiger charge is 2.38. The SMILES string of the molecule is COC(C)(C)CCOC(=O)C(C)(C)C1CCCNC1. The summed E-state index contributed by atoms with van der Waals surface area (Å²) in [6.45, 7) is 10.4. The molecule has 0 amide bonds. The zero-order valence-corrected chi connectivity index (χ0v) is 13.0. The summed E-state index contributed by atoms with van der Waals surface area (Å²) in [4.78, 5) is 12.2. The van der Waals surface area contributed by atoms with Crippen molar-refractivity contribution in [2.75, 3.05) is 26.8 Å². The minimum atomic E-state index is -0.412. The van der Waals surface area contributed by atoms with Gasteiger partial charge in [-0.15, -0.1) is 0 Å². The molecule has 19 heavy (non-hydrogen) atoms. The van der Waals surface area contributed by atoms with Gasteiger partial charge in [0.25, 0.3) is 0 Å². The molecule has 0 aromatic carbocycles. The highest BCUT2D eigenvalue weighted by Crippen LogP contribution is 2.33. The van der Waals surface area contributed by atoms with Gasteiger partial charge >= 0.3 is 5.97 Å².